The Kier molecular flexibility index (Phi) is 7.85. The Morgan fingerprint density at radius 3 is 2.52 bits per heavy atom. The van der Waals surface area contributed by atoms with Crippen LogP contribution in [0.25, 0.3) is 0 Å². The first-order valence-electron chi connectivity index (χ1n) is 8.55. The van der Waals surface area contributed by atoms with Gasteiger partial charge in [-0.2, -0.15) is 5.10 Å². The number of methoxy groups -OCH3 is 1. The van der Waals surface area contributed by atoms with E-state index in [0.717, 1.165) is 5.56 Å². The molecule has 8 nitrogen and oxygen atoms in total. The Bertz CT molecular complexity index is 929. The third-order valence-electron chi connectivity index (χ3n) is 3.78. The van der Waals surface area contributed by atoms with E-state index in [0.29, 0.717) is 33.5 Å². The third-order valence-corrected chi connectivity index (χ3v) is 4.20. The largest absolute Gasteiger partial charge is 0.493 e. The van der Waals surface area contributed by atoms with E-state index in [1.807, 2.05) is 6.92 Å². The topological polar surface area (TPSA) is 106 Å². The number of amides is 1. The van der Waals surface area contributed by atoms with Gasteiger partial charge in [-0.05, 0) is 55.8 Å². The summed E-state index contributed by atoms with van der Waals surface area (Å²) in [5.41, 5.74) is 4.45. The summed E-state index contributed by atoms with van der Waals surface area (Å²) in [6.07, 6.45) is 0. The van der Waals surface area contributed by atoms with Crippen molar-refractivity contribution in [2.24, 2.45) is 5.10 Å². The Hall–Kier alpha value is -3.26. The summed E-state index contributed by atoms with van der Waals surface area (Å²) < 4.78 is 15.8. The van der Waals surface area contributed by atoms with Crippen LogP contribution < -0.4 is 19.6 Å². The lowest BCUT2D eigenvalue weighted by atomic mass is 10.1. The Labute approximate surface area is 173 Å². The van der Waals surface area contributed by atoms with Crippen LogP contribution in [0.1, 0.15) is 18.1 Å². The van der Waals surface area contributed by atoms with Gasteiger partial charge in [0.1, 0.15) is 5.75 Å². The Balaban J connectivity index is 1.96. The van der Waals surface area contributed by atoms with Gasteiger partial charge in [-0.1, -0.05) is 11.6 Å². The van der Waals surface area contributed by atoms with E-state index in [-0.39, 0.29) is 6.61 Å². The van der Waals surface area contributed by atoms with Gasteiger partial charge in [0.25, 0.3) is 5.91 Å². The first-order chi connectivity index (χ1) is 13.8. The zero-order valence-electron chi connectivity index (χ0n) is 16.2. The molecule has 0 heterocycles. The molecule has 2 aromatic carbocycles. The third kappa shape index (κ3) is 6.69. The highest BCUT2D eigenvalue weighted by atomic mass is 35.5. The van der Waals surface area contributed by atoms with E-state index in [2.05, 4.69) is 10.5 Å². The van der Waals surface area contributed by atoms with Gasteiger partial charge in [0, 0.05) is 10.6 Å². The molecule has 0 bridgehead atoms. The molecule has 0 aliphatic carbocycles. The molecule has 0 unspecified atom stereocenters. The Morgan fingerprint density at radius 2 is 1.86 bits per heavy atom. The highest BCUT2D eigenvalue weighted by Crippen LogP contribution is 2.28. The quantitative estimate of drug-likeness (QED) is 0.477. The monoisotopic (exact) mass is 420 g/mol. The molecule has 9 heteroatoms. The van der Waals surface area contributed by atoms with Crippen molar-refractivity contribution in [2.45, 2.75) is 13.8 Å². The predicted octanol–water partition coefficient (Wildman–Crippen LogP) is 3.04. The number of benzene rings is 2. The van der Waals surface area contributed by atoms with Gasteiger partial charge in [-0.25, -0.2) is 10.2 Å². The summed E-state index contributed by atoms with van der Waals surface area (Å²) in [6, 6.07) is 10.0. The van der Waals surface area contributed by atoms with Crippen LogP contribution in [-0.4, -0.2) is 43.0 Å². The second-order valence-electron chi connectivity index (χ2n) is 5.98. The van der Waals surface area contributed by atoms with E-state index in [9.17, 15) is 9.59 Å². The minimum Gasteiger partial charge on any atom is -0.493 e. The first-order valence-corrected chi connectivity index (χ1v) is 8.93. The van der Waals surface area contributed by atoms with Crippen molar-refractivity contribution in [2.75, 3.05) is 20.3 Å². The maximum absolute atomic E-state index is 12.0. The molecule has 0 fully saturated rings. The summed E-state index contributed by atoms with van der Waals surface area (Å²) in [7, 11) is 1.44. The van der Waals surface area contributed by atoms with Gasteiger partial charge in [0.05, 0.1) is 12.8 Å². The molecule has 0 radical (unpaired) electrons. The normalized spacial score (nSPS) is 11.0. The van der Waals surface area contributed by atoms with E-state index in [1.54, 1.807) is 43.3 Å². The molecule has 0 saturated carbocycles. The molecule has 2 aromatic rings. The predicted molar refractivity (Wildman–Crippen MR) is 108 cm³/mol. The minimum absolute atomic E-state index is 0.205. The number of nitrogens with zero attached hydrogens (tertiary/aromatic N) is 1. The van der Waals surface area contributed by atoms with Crippen molar-refractivity contribution in [3.05, 3.63) is 52.5 Å². The highest BCUT2D eigenvalue weighted by molar-refractivity contribution is 6.31. The van der Waals surface area contributed by atoms with Crippen LogP contribution in [0.4, 0.5) is 0 Å². The highest BCUT2D eigenvalue weighted by Gasteiger charge is 2.10. The van der Waals surface area contributed by atoms with Gasteiger partial charge >= 0.3 is 5.97 Å². The second-order valence-corrected chi connectivity index (χ2v) is 6.39. The molecule has 1 amide bonds. The standard InChI is InChI=1S/C20H21ClN2O6/c1-12-8-15(5-6-16(12)21)28-10-19(24)23-22-13(2)14-4-7-17(18(9-14)27-3)29-11-20(25)26/h4-9H,10-11H2,1-3H3,(H,23,24)(H,25,26)/b22-13-. The van der Waals surface area contributed by atoms with Gasteiger partial charge in [0.15, 0.2) is 24.7 Å². The first kappa shape index (κ1) is 22.0. The molecule has 2 rings (SSSR count). The molecule has 0 spiro atoms. The summed E-state index contributed by atoms with van der Waals surface area (Å²) in [4.78, 5) is 22.6. The van der Waals surface area contributed by atoms with Crippen LogP contribution in [0.2, 0.25) is 5.02 Å². The molecule has 154 valence electrons. The van der Waals surface area contributed by atoms with E-state index >= 15 is 0 Å². The van der Waals surface area contributed by atoms with Crippen LogP contribution in [0.5, 0.6) is 17.2 Å². The van der Waals surface area contributed by atoms with Crippen LogP contribution in [-0.2, 0) is 9.59 Å². The lowest BCUT2D eigenvalue weighted by Gasteiger charge is -2.11. The number of hydrogen-bond donors (Lipinski definition) is 2. The number of aryl methyl sites for hydroxylation is 1. The SMILES string of the molecule is COc1cc(/C(C)=N\NC(=O)COc2ccc(Cl)c(C)c2)ccc1OCC(=O)O. The maximum Gasteiger partial charge on any atom is 0.341 e. The summed E-state index contributed by atoms with van der Waals surface area (Å²) in [5.74, 6) is -0.337. The van der Waals surface area contributed by atoms with Crippen LogP contribution in [0.3, 0.4) is 0 Å². The molecule has 29 heavy (non-hydrogen) atoms. The van der Waals surface area contributed by atoms with Crippen LogP contribution >= 0.6 is 11.6 Å². The van der Waals surface area contributed by atoms with E-state index < -0.39 is 18.5 Å². The fourth-order valence-electron chi connectivity index (χ4n) is 2.25. The molecule has 0 aliphatic heterocycles. The summed E-state index contributed by atoms with van der Waals surface area (Å²) in [6.45, 7) is 2.86. The average molecular weight is 421 g/mol. The number of aliphatic carboxylic acids is 1. The number of hydrazone groups is 1. The molecule has 0 aliphatic rings. The number of carbonyl (C=O) groups is 2. The van der Waals surface area contributed by atoms with Crippen molar-refractivity contribution in [1.29, 1.82) is 0 Å². The van der Waals surface area contributed by atoms with Crippen LogP contribution in [0, 0.1) is 6.92 Å². The van der Waals surface area contributed by atoms with Gasteiger partial charge in [-0.3, -0.25) is 4.79 Å². The second kappa shape index (κ2) is 10.3. The number of carbonyl (C=O) groups excluding carboxylic acids is 1. The van der Waals surface area contributed by atoms with Crippen molar-refractivity contribution in [3.63, 3.8) is 0 Å². The fourth-order valence-corrected chi connectivity index (χ4v) is 2.37. The summed E-state index contributed by atoms with van der Waals surface area (Å²) >= 11 is 5.95. The number of nitrogens with one attached hydrogen (secondary N) is 1. The van der Waals surface area contributed by atoms with E-state index in [4.69, 9.17) is 30.9 Å². The molecular weight excluding hydrogens is 400 g/mol. The number of carboxylic acids is 1. The van der Waals surface area contributed by atoms with Crippen molar-refractivity contribution < 1.29 is 28.9 Å². The number of ether oxygens (including phenoxy) is 3. The zero-order valence-corrected chi connectivity index (χ0v) is 16.9. The van der Waals surface area contributed by atoms with E-state index in [1.165, 1.54) is 7.11 Å². The van der Waals surface area contributed by atoms with Crippen molar-refractivity contribution >= 4 is 29.2 Å². The average Bonchev–Trinajstić information content (AvgIpc) is 2.71. The smallest absolute Gasteiger partial charge is 0.341 e. The fraction of sp³-hybridized carbons (Fsp3) is 0.250. The number of carboxylic acid groups (broad SMARTS) is 1. The van der Waals surface area contributed by atoms with Gasteiger partial charge in [0.2, 0.25) is 0 Å². The van der Waals surface area contributed by atoms with Gasteiger partial charge < -0.3 is 19.3 Å². The number of halogens is 1. The summed E-state index contributed by atoms with van der Waals surface area (Å²) in [5, 5.41) is 13.4. The number of rotatable bonds is 9. The van der Waals surface area contributed by atoms with Crippen LogP contribution in [0.15, 0.2) is 41.5 Å². The van der Waals surface area contributed by atoms with Crippen molar-refractivity contribution in [1.82, 2.24) is 5.43 Å². The lowest BCUT2D eigenvalue weighted by molar-refractivity contribution is -0.139. The molecule has 0 saturated heterocycles. The van der Waals surface area contributed by atoms with Gasteiger partial charge in [-0.15, -0.1) is 0 Å². The Morgan fingerprint density at radius 1 is 1.10 bits per heavy atom. The van der Waals surface area contributed by atoms with Crippen molar-refractivity contribution in [3.8, 4) is 17.2 Å². The lowest BCUT2D eigenvalue weighted by Crippen LogP contribution is -2.25. The zero-order chi connectivity index (χ0) is 21.4. The molecule has 0 atom stereocenters. The minimum atomic E-state index is -1.09. The number of hydrogen-bond acceptors (Lipinski definition) is 6. The maximum atomic E-state index is 12.0. The molecule has 0 aromatic heterocycles. The molecule has 2 N–H and O–H groups in total. The molecular formula is C20H21ClN2O6.